The van der Waals surface area contributed by atoms with Gasteiger partial charge in [-0.1, -0.05) is 43.5 Å². The topological polar surface area (TPSA) is 49.4 Å². The minimum absolute atomic E-state index is 0.0185. The van der Waals surface area contributed by atoms with E-state index >= 15 is 0 Å². The van der Waals surface area contributed by atoms with Crippen LogP contribution in [0.1, 0.15) is 84.0 Å². The second-order valence-electron chi connectivity index (χ2n) is 10.7. The van der Waals surface area contributed by atoms with Gasteiger partial charge in [0.15, 0.2) is 0 Å². The molecule has 2 aromatic rings. The number of nitrogens with zero attached hydrogens (tertiary/aromatic N) is 1. The Labute approximate surface area is 204 Å². The summed E-state index contributed by atoms with van der Waals surface area (Å²) in [4.78, 5) is 29.7. The summed E-state index contributed by atoms with van der Waals surface area (Å²) in [5, 5.41) is 3.26. The summed E-state index contributed by atoms with van der Waals surface area (Å²) >= 11 is 0. The average Bonchev–Trinajstić information content (AvgIpc) is 3.32. The summed E-state index contributed by atoms with van der Waals surface area (Å²) in [5.74, 6) is 0.449. The minimum Gasteiger partial charge on any atom is -0.335 e. The van der Waals surface area contributed by atoms with Crippen LogP contribution < -0.4 is 5.32 Å². The van der Waals surface area contributed by atoms with Gasteiger partial charge < -0.3 is 10.2 Å². The van der Waals surface area contributed by atoms with Gasteiger partial charge in [-0.05, 0) is 99.1 Å². The fraction of sp³-hybridized carbons (Fsp3) is 0.533. The zero-order chi connectivity index (χ0) is 23.7. The molecule has 34 heavy (non-hydrogen) atoms. The van der Waals surface area contributed by atoms with E-state index in [1.807, 2.05) is 32.0 Å². The zero-order valence-corrected chi connectivity index (χ0v) is 20.7. The number of amides is 2. The zero-order valence-electron chi connectivity index (χ0n) is 20.7. The van der Waals surface area contributed by atoms with E-state index in [1.54, 1.807) is 0 Å². The molecule has 1 aliphatic heterocycles. The molecule has 2 amide bonds. The van der Waals surface area contributed by atoms with Gasteiger partial charge in [-0.2, -0.15) is 0 Å². The Kier molecular flexibility index (Phi) is 6.76. The van der Waals surface area contributed by atoms with Crippen LogP contribution in [0.15, 0.2) is 36.4 Å². The molecule has 1 unspecified atom stereocenters. The molecule has 0 spiro atoms. The number of aryl methyl sites for hydroxylation is 4. The number of carbonyl (C=O) groups is 2. The number of rotatable bonds is 4. The Balaban J connectivity index is 1.43. The lowest BCUT2D eigenvalue weighted by molar-refractivity contribution is -0.124. The maximum absolute atomic E-state index is 13.9. The number of anilines is 1. The van der Waals surface area contributed by atoms with Crippen LogP contribution >= 0.6 is 0 Å². The highest BCUT2D eigenvalue weighted by molar-refractivity contribution is 5.99. The van der Waals surface area contributed by atoms with Crippen molar-refractivity contribution in [1.29, 1.82) is 0 Å². The Morgan fingerprint density at radius 2 is 1.59 bits per heavy atom. The minimum atomic E-state index is -0.154. The highest BCUT2D eigenvalue weighted by atomic mass is 16.2. The van der Waals surface area contributed by atoms with E-state index in [2.05, 4.69) is 28.4 Å². The van der Waals surface area contributed by atoms with Crippen molar-refractivity contribution in [3.8, 4) is 0 Å². The Hall–Kier alpha value is -2.62. The van der Waals surface area contributed by atoms with Crippen LogP contribution in [0.5, 0.6) is 0 Å². The maximum atomic E-state index is 13.9. The third kappa shape index (κ3) is 4.52. The average molecular weight is 459 g/mol. The predicted molar refractivity (Wildman–Crippen MR) is 137 cm³/mol. The molecule has 1 N–H and O–H groups in total. The first-order valence-electron chi connectivity index (χ1n) is 13.3. The van der Waals surface area contributed by atoms with E-state index in [4.69, 9.17) is 0 Å². The van der Waals surface area contributed by atoms with Crippen molar-refractivity contribution in [1.82, 2.24) is 4.90 Å². The van der Waals surface area contributed by atoms with Crippen molar-refractivity contribution in [2.45, 2.75) is 84.1 Å². The van der Waals surface area contributed by atoms with Crippen LogP contribution in [0.3, 0.4) is 0 Å². The predicted octanol–water partition coefficient (Wildman–Crippen LogP) is 6.23. The molecule has 2 fully saturated rings. The fourth-order valence-corrected chi connectivity index (χ4v) is 6.78. The number of fused-ring (bicyclic) bond motifs is 1. The maximum Gasteiger partial charge on any atom is 0.254 e. The van der Waals surface area contributed by atoms with E-state index in [0.29, 0.717) is 5.92 Å². The van der Waals surface area contributed by atoms with Crippen molar-refractivity contribution in [2.24, 2.45) is 11.8 Å². The molecule has 0 radical (unpaired) electrons. The van der Waals surface area contributed by atoms with Gasteiger partial charge in [0.1, 0.15) is 0 Å². The Morgan fingerprint density at radius 1 is 0.853 bits per heavy atom. The number of likely N-dealkylation sites (tertiary alicyclic amines) is 1. The van der Waals surface area contributed by atoms with Crippen molar-refractivity contribution < 1.29 is 9.59 Å². The van der Waals surface area contributed by atoms with E-state index in [1.165, 1.54) is 36.8 Å². The lowest BCUT2D eigenvalue weighted by atomic mass is 9.74. The molecule has 180 valence electrons. The van der Waals surface area contributed by atoms with Gasteiger partial charge in [0, 0.05) is 23.8 Å². The van der Waals surface area contributed by atoms with Crippen LogP contribution in [0, 0.1) is 25.7 Å². The molecule has 2 aliphatic carbocycles. The van der Waals surface area contributed by atoms with Crippen molar-refractivity contribution in [2.75, 3.05) is 11.9 Å². The van der Waals surface area contributed by atoms with Gasteiger partial charge in [-0.15, -0.1) is 0 Å². The van der Waals surface area contributed by atoms with Crippen LogP contribution in [0.4, 0.5) is 5.69 Å². The molecule has 3 aliphatic rings. The molecule has 2 aromatic carbocycles. The summed E-state index contributed by atoms with van der Waals surface area (Å²) < 4.78 is 0. The molecule has 1 saturated heterocycles. The Morgan fingerprint density at radius 3 is 2.35 bits per heavy atom. The molecule has 4 nitrogen and oxygen atoms in total. The Bertz CT molecular complexity index is 1050. The highest BCUT2D eigenvalue weighted by Gasteiger charge is 2.43. The SMILES string of the molecule is Cc1cccc(C)c1C(=O)N1CCC[C@@H](C(=O)Nc2ccc3c(c2)CCC3)C1C1CCCCC1. The van der Waals surface area contributed by atoms with Crippen molar-refractivity contribution in [3.05, 3.63) is 64.2 Å². The van der Waals surface area contributed by atoms with Gasteiger partial charge in [0.2, 0.25) is 5.91 Å². The normalized spacial score (nSPS) is 22.9. The first-order chi connectivity index (χ1) is 16.5. The van der Waals surface area contributed by atoms with Gasteiger partial charge in [-0.3, -0.25) is 9.59 Å². The van der Waals surface area contributed by atoms with Gasteiger partial charge >= 0.3 is 0 Å². The molecule has 4 heteroatoms. The van der Waals surface area contributed by atoms with E-state index < -0.39 is 0 Å². The number of carbonyl (C=O) groups excluding carboxylic acids is 2. The number of hydrogen-bond donors (Lipinski definition) is 1. The number of nitrogens with one attached hydrogen (secondary N) is 1. The fourth-order valence-electron chi connectivity index (χ4n) is 6.78. The number of benzene rings is 2. The van der Waals surface area contributed by atoms with Gasteiger partial charge in [0.05, 0.1) is 5.92 Å². The second-order valence-corrected chi connectivity index (χ2v) is 10.7. The van der Waals surface area contributed by atoms with E-state index in [0.717, 1.165) is 67.4 Å². The summed E-state index contributed by atoms with van der Waals surface area (Å²) in [6.45, 7) is 4.80. The van der Waals surface area contributed by atoms with Gasteiger partial charge in [0.25, 0.3) is 5.91 Å². The van der Waals surface area contributed by atoms with Crippen LogP contribution in [0.25, 0.3) is 0 Å². The summed E-state index contributed by atoms with van der Waals surface area (Å²) in [6, 6.07) is 12.4. The van der Waals surface area contributed by atoms with Crippen LogP contribution in [-0.4, -0.2) is 29.3 Å². The molecule has 0 bridgehead atoms. The van der Waals surface area contributed by atoms with Gasteiger partial charge in [-0.25, -0.2) is 0 Å². The van der Waals surface area contributed by atoms with E-state index in [9.17, 15) is 9.59 Å². The van der Waals surface area contributed by atoms with Crippen molar-refractivity contribution in [3.63, 3.8) is 0 Å². The molecular weight excluding hydrogens is 420 g/mol. The summed E-state index contributed by atoms with van der Waals surface area (Å²) in [6.07, 6.45) is 11.1. The number of piperidine rings is 1. The monoisotopic (exact) mass is 458 g/mol. The largest absolute Gasteiger partial charge is 0.335 e. The smallest absolute Gasteiger partial charge is 0.254 e. The summed E-state index contributed by atoms with van der Waals surface area (Å²) in [7, 11) is 0. The molecule has 0 aromatic heterocycles. The van der Waals surface area contributed by atoms with Crippen LogP contribution in [0.2, 0.25) is 0 Å². The first kappa shape index (κ1) is 23.1. The standard InChI is InChI=1S/C30H38N2O2/c1-20-9-6-10-21(2)27(20)30(34)32-18-8-15-26(28(32)23-11-4-3-5-12-23)29(33)31-25-17-16-22-13-7-14-24(22)19-25/h6,9-10,16-17,19,23,26,28H,3-5,7-8,11-15,18H2,1-2H3,(H,31,33)/t26-,28?/m1/s1. The summed E-state index contributed by atoms with van der Waals surface area (Å²) in [5.41, 5.74) is 6.57. The third-order valence-corrected chi connectivity index (χ3v) is 8.48. The lowest BCUT2D eigenvalue weighted by Gasteiger charge is -2.46. The lowest BCUT2D eigenvalue weighted by Crippen LogP contribution is -2.55. The van der Waals surface area contributed by atoms with Crippen molar-refractivity contribution >= 4 is 17.5 Å². The number of hydrogen-bond acceptors (Lipinski definition) is 2. The third-order valence-electron chi connectivity index (χ3n) is 8.48. The van der Waals surface area contributed by atoms with Crippen LogP contribution in [-0.2, 0) is 17.6 Å². The molecule has 2 atom stereocenters. The molecule has 5 rings (SSSR count). The quantitative estimate of drug-likeness (QED) is 0.590. The molecule has 1 heterocycles. The molecule has 1 saturated carbocycles. The highest BCUT2D eigenvalue weighted by Crippen LogP contribution is 2.38. The molecular formula is C30H38N2O2. The van der Waals surface area contributed by atoms with E-state index in [-0.39, 0.29) is 23.8 Å². The second kappa shape index (κ2) is 9.93. The first-order valence-corrected chi connectivity index (χ1v) is 13.3.